The van der Waals surface area contributed by atoms with Crippen molar-refractivity contribution in [1.82, 2.24) is 0 Å². The van der Waals surface area contributed by atoms with E-state index in [-0.39, 0.29) is 25.0 Å². The standard InChI is InChI=1S/C10H20O6S2/c1-17(11,12)15-7-9-5-3-4-6-10(9)8-16-18(2,13)14/h9-10H,3-8H2,1-2H3/t9-,10-/m1/s1. The summed E-state index contributed by atoms with van der Waals surface area (Å²) in [6.07, 6.45) is 5.72. The minimum Gasteiger partial charge on any atom is -0.270 e. The summed E-state index contributed by atoms with van der Waals surface area (Å²) >= 11 is 0. The molecule has 0 aliphatic heterocycles. The van der Waals surface area contributed by atoms with E-state index in [1.54, 1.807) is 0 Å². The highest BCUT2D eigenvalue weighted by Crippen LogP contribution is 2.31. The van der Waals surface area contributed by atoms with E-state index in [4.69, 9.17) is 8.37 Å². The van der Waals surface area contributed by atoms with Crippen LogP contribution in [0.15, 0.2) is 0 Å². The lowest BCUT2D eigenvalue weighted by Gasteiger charge is -2.30. The minimum atomic E-state index is -3.45. The molecule has 1 fully saturated rings. The molecule has 1 rings (SSSR count). The van der Waals surface area contributed by atoms with Gasteiger partial charge in [-0.25, -0.2) is 0 Å². The van der Waals surface area contributed by atoms with Gasteiger partial charge in [0.2, 0.25) is 0 Å². The highest BCUT2D eigenvalue weighted by Gasteiger charge is 2.27. The van der Waals surface area contributed by atoms with Crippen LogP contribution in [0.4, 0.5) is 0 Å². The molecular weight excluding hydrogens is 280 g/mol. The highest BCUT2D eigenvalue weighted by molar-refractivity contribution is 7.86. The molecule has 2 atom stereocenters. The first-order valence-corrected chi connectivity index (χ1v) is 9.49. The zero-order chi connectivity index (χ0) is 13.8. The van der Waals surface area contributed by atoms with Crippen molar-refractivity contribution in [2.45, 2.75) is 25.7 Å². The SMILES string of the molecule is CS(=O)(=O)OC[C@H]1CCCC[C@@H]1COS(C)(=O)=O. The van der Waals surface area contributed by atoms with Crippen molar-refractivity contribution in [3.63, 3.8) is 0 Å². The van der Waals surface area contributed by atoms with Crippen LogP contribution in [-0.4, -0.2) is 42.6 Å². The van der Waals surface area contributed by atoms with E-state index in [1.165, 1.54) is 0 Å². The Balaban J connectivity index is 2.52. The molecule has 0 heterocycles. The van der Waals surface area contributed by atoms with Crippen LogP contribution in [0.2, 0.25) is 0 Å². The molecule has 1 saturated carbocycles. The molecule has 6 nitrogen and oxygen atoms in total. The molecule has 0 amide bonds. The zero-order valence-corrected chi connectivity index (χ0v) is 12.3. The Bertz CT molecular complexity index is 409. The van der Waals surface area contributed by atoms with Gasteiger partial charge in [-0.3, -0.25) is 8.37 Å². The second kappa shape index (κ2) is 6.31. The molecule has 8 heteroatoms. The quantitative estimate of drug-likeness (QED) is 0.673. The van der Waals surface area contributed by atoms with Crippen LogP contribution in [0, 0.1) is 11.8 Å². The van der Waals surface area contributed by atoms with Gasteiger partial charge in [0.1, 0.15) is 0 Å². The van der Waals surface area contributed by atoms with E-state index in [2.05, 4.69) is 0 Å². The van der Waals surface area contributed by atoms with E-state index in [9.17, 15) is 16.8 Å². The summed E-state index contributed by atoms with van der Waals surface area (Å²) in [5, 5.41) is 0. The molecule has 0 bridgehead atoms. The maximum absolute atomic E-state index is 10.9. The van der Waals surface area contributed by atoms with Crippen LogP contribution < -0.4 is 0 Å². The van der Waals surface area contributed by atoms with Gasteiger partial charge >= 0.3 is 0 Å². The van der Waals surface area contributed by atoms with Gasteiger partial charge in [0.25, 0.3) is 20.2 Å². The molecule has 0 unspecified atom stereocenters. The summed E-state index contributed by atoms with van der Waals surface area (Å²) in [4.78, 5) is 0. The first-order valence-electron chi connectivity index (χ1n) is 5.86. The lowest BCUT2D eigenvalue weighted by molar-refractivity contribution is 0.111. The van der Waals surface area contributed by atoms with Crippen molar-refractivity contribution < 1.29 is 25.2 Å². The van der Waals surface area contributed by atoms with E-state index >= 15 is 0 Å². The monoisotopic (exact) mass is 300 g/mol. The van der Waals surface area contributed by atoms with Crippen molar-refractivity contribution in [3.05, 3.63) is 0 Å². The number of hydrogen-bond acceptors (Lipinski definition) is 6. The van der Waals surface area contributed by atoms with Crippen molar-refractivity contribution in [1.29, 1.82) is 0 Å². The summed E-state index contributed by atoms with van der Waals surface area (Å²) in [5.74, 6) is 0.0745. The van der Waals surface area contributed by atoms with Crippen molar-refractivity contribution in [2.75, 3.05) is 25.7 Å². The summed E-state index contributed by atoms with van der Waals surface area (Å²) in [6, 6.07) is 0. The molecule has 0 saturated heterocycles. The minimum absolute atomic E-state index is 0.0372. The Morgan fingerprint density at radius 3 is 1.44 bits per heavy atom. The average Bonchev–Trinajstić information content (AvgIpc) is 2.22. The molecule has 108 valence electrons. The molecule has 0 aromatic rings. The van der Waals surface area contributed by atoms with Gasteiger partial charge < -0.3 is 0 Å². The van der Waals surface area contributed by atoms with Gasteiger partial charge in [-0.2, -0.15) is 16.8 Å². The summed E-state index contributed by atoms with van der Waals surface area (Å²) in [5.41, 5.74) is 0. The van der Waals surface area contributed by atoms with E-state index in [0.717, 1.165) is 38.2 Å². The third-order valence-electron chi connectivity index (χ3n) is 3.06. The molecular formula is C10H20O6S2. The third kappa shape index (κ3) is 6.67. The van der Waals surface area contributed by atoms with Gasteiger partial charge in [-0.1, -0.05) is 12.8 Å². The smallest absolute Gasteiger partial charge is 0.264 e. The van der Waals surface area contributed by atoms with Crippen LogP contribution in [0.5, 0.6) is 0 Å². The average molecular weight is 300 g/mol. The zero-order valence-electron chi connectivity index (χ0n) is 10.7. The first-order chi connectivity index (χ1) is 8.17. The Morgan fingerprint density at radius 2 is 1.17 bits per heavy atom. The molecule has 1 aliphatic rings. The summed E-state index contributed by atoms with van der Waals surface area (Å²) < 4.78 is 53.4. The number of hydrogen-bond donors (Lipinski definition) is 0. The first kappa shape index (κ1) is 15.9. The van der Waals surface area contributed by atoms with Gasteiger partial charge in [0.15, 0.2) is 0 Å². The molecule has 0 radical (unpaired) electrons. The molecule has 0 aromatic carbocycles. The maximum atomic E-state index is 10.9. The van der Waals surface area contributed by atoms with Crippen molar-refractivity contribution >= 4 is 20.2 Å². The second-order valence-electron chi connectivity index (χ2n) is 4.78. The lowest BCUT2D eigenvalue weighted by Crippen LogP contribution is -2.29. The van der Waals surface area contributed by atoms with E-state index < -0.39 is 20.2 Å². The van der Waals surface area contributed by atoms with Crippen molar-refractivity contribution in [3.8, 4) is 0 Å². The van der Waals surface area contributed by atoms with Crippen LogP contribution in [0.1, 0.15) is 25.7 Å². The topological polar surface area (TPSA) is 86.7 Å². The molecule has 18 heavy (non-hydrogen) atoms. The van der Waals surface area contributed by atoms with Gasteiger partial charge in [0.05, 0.1) is 25.7 Å². The summed E-state index contributed by atoms with van der Waals surface area (Å²) in [6.45, 7) is 0.216. The predicted molar refractivity (Wildman–Crippen MR) is 67.0 cm³/mol. The van der Waals surface area contributed by atoms with Gasteiger partial charge in [-0.15, -0.1) is 0 Å². The Hall–Kier alpha value is -0.180. The lowest BCUT2D eigenvalue weighted by atomic mass is 9.80. The Morgan fingerprint density at radius 1 is 0.833 bits per heavy atom. The van der Waals surface area contributed by atoms with Crippen LogP contribution in [-0.2, 0) is 28.6 Å². The fraction of sp³-hybridized carbons (Fsp3) is 1.00. The predicted octanol–water partition coefficient (Wildman–Crippen LogP) is 0.745. The summed E-state index contributed by atoms with van der Waals surface area (Å²) in [7, 11) is -6.90. The van der Waals surface area contributed by atoms with Gasteiger partial charge in [0, 0.05) is 0 Å². The fourth-order valence-electron chi connectivity index (χ4n) is 2.15. The highest BCUT2D eigenvalue weighted by atomic mass is 32.2. The Labute approximate surface area is 109 Å². The second-order valence-corrected chi connectivity index (χ2v) is 8.07. The number of rotatable bonds is 6. The molecule has 1 aliphatic carbocycles. The molecule has 0 aromatic heterocycles. The van der Waals surface area contributed by atoms with Gasteiger partial charge in [-0.05, 0) is 24.7 Å². The maximum Gasteiger partial charge on any atom is 0.264 e. The van der Waals surface area contributed by atoms with Crippen LogP contribution >= 0.6 is 0 Å². The van der Waals surface area contributed by atoms with Crippen molar-refractivity contribution in [2.24, 2.45) is 11.8 Å². The Kier molecular flexibility index (Phi) is 5.57. The normalized spacial score (nSPS) is 26.1. The third-order valence-corrected chi connectivity index (χ3v) is 4.19. The van der Waals surface area contributed by atoms with E-state index in [1.807, 2.05) is 0 Å². The van der Waals surface area contributed by atoms with Crippen LogP contribution in [0.3, 0.4) is 0 Å². The molecule has 0 N–H and O–H groups in total. The van der Waals surface area contributed by atoms with E-state index in [0.29, 0.717) is 0 Å². The van der Waals surface area contributed by atoms with Crippen LogP contribution in [0.25, 0.3) is 0 Å². The largest absolute Gasteiger partial charge is 0.270 e. The molecule has 0 spiro atoms. The fourth-order valence-corrected chi connectivity index (χ4v) is 2.99.